The van der Waals surface area contributed by atoms with Crippen LogP contribution in [0.25, 0.3) is 0 Å². The molecule has 4 atom stereocenters. The van der Waals surface area contributed by atoms with Crippen molar-refractivity contribution in [2.75, 3.05) is 13.1 Å². The minimum absolute atomic E-state index is 0.246. The minimum atomic E-state index is -4.90. The average Bonchev–Trinajstić information content (AvgIpc) is 3.54. The molecule has 0 unspecified atom stereocenters. The predicted molar refractivity (Wildman–Crippen MR) is 124 cm³/mol. The molecule has 210 valence electrons. The van der Waals surface area contributed by atoms with E-state index in [1.165, 1.54) is 12.1 Å². The van der Waals surface area contributed by atoms with Crippen molar-refractivity contribution in [1.29, 1.82) is 0 Å². The summed E-state index contributed by atoms with van der Waals surface area (Å²) >= 11 is 0. The molecule has 15 heteroatoms. The lowest BCUT2D eigenvalue weighted by atomic mass is 10.0. The highest BCUT2D eigenvalue weighted by Gasteiger charge is 2.47. The number of halogens is 6. The highest BCUT2D eigenvalue weighted by atomic mass is 32.2. The third-order valence-corrected chi connectivity index (χ3v) is 11.4. The fourth-order valence-electron chi connectivity index (χ4n) is 5.00. The lowest BCUT2D eigenvalue weighted by Crippen LogP contribution is -2.46. The van der Waals surface area contributed by atoms with Gasteiger partial charge in [-0.3, -0.25) is 0 Å². The molecule has 3 N–H and O–H groups in total. The summed E-state index contributed by atoms with van der Waals surface area (Å²) in [6.45, 7) is -0.493. The van der Waals surface area contributed by atoms with Crippen LogP contribution in [0.5, 0.6) is 0 Å². The number of aliphatic hydroxyl groups excluding tert-OH is 1. The van der Waals surface area contributed by atoms with Gasteiger partial charge < -0.3 is 15.7 Å². The zero-order chi connectivity index (χ0) is 28.1. The standard InChI is InChI=1S/C23H24F6N2O5S2/c24-22(25,26)15-5-1-3-7-19(15)37(33,34)13-9-17(30-11-13)21(32)18-10-14(12-31-18)38(35,36)20-8-4-2-6-16(20)23(27,28)29/h1-8,13-14,17-18,21,30-32H,9-12H2/t13-,14-,17+,18+/m0/s1. The Morgan fingerprint density at radius 2 is 1.03 bits per heavy atom. The van der Waals surface area contributed by atoms with Gasteiger partial charge in [0, 0.05) is 25.2 Å². The molecule has 2 fully saturated rings. The average molecular weight is 587 g/mol. The maximum atomic E-state index is 13.4. The molecule has 2 aliphatic rings. The highest BCUT2D eigenvalue weighted by Crippen LogP contribution is 2.38. The van der Waals surface area contributed by atoms with Crippen LogP contribution < -0.4 is 10.6 Å². The van der Waals surface area contributed by atoms with Crippen LogP contribution >= 0.6 is 0 Å². The van der Waals surface area contributed by atoms with E-state index in [9.17, 15) is 48.3 Å². The van der Waals surface area contributed by atoms with E-state index in [-0.39, 0.29) is 25.9 Å². The SMILES string of the molecule is O=S(=O)(c1ccccc1C(F)(F)F)[C@@H]1CN[C@@H](C(O)[C@H]2C[C@H](S(=O)(=O)c3ccccc3C(F)(F)F)CN2)C1. The summed E-state index contributed by atoms with van der Waals surface area (Å²) in [4.78, 5) is -1.74. The van der Waals surface area contributed by atoms with E-state index in [0.29, 0.717) is 12.1 Å². The van der Waals surface area contributed by atoms with Crippen LogP contribution in [0.4, 0.5) is 26.3 Å². The molecule has 38 heavy (non-hydrogen) atoms. The van der Waals surface area contributed by atoms with Gasteiger partial charge in [-0.25, -0.2) is 16.8 Å². The fourth-order valence-corrected chi connectivity index (χ4v) is 8.78. The Morgan fingerprint density at radius 3 is 1.37 bits per heavy atom. The Bertz CT molecular complexity index is 1290. The van der Waals surface area contributed by atoms with Crippen molar-refractivity contribution in [3.05, 3.63) is 59.7 Å². The molecule has 2 aromatic rings. The quantitative estimate of drug-likeness (QED) is 0.447. The van der Waals surface area contributed by atoms with Crippen molar-refractivity contribution < 1.29 is 48.3 Å². The minimum Gasteiger partial charge on any atom is -0.390 e. The molecule has 7 nitrogen and oxygen atoms in total. The molecular formula is C23H24F6N2O5S2. The number of hydrogen-bond donors (Lipinski definition) is 3. The number of sulfone groups is 2. The van der Waals surface area contributed by atoms with Gasteiger partial charge in [0.2, 0.25) is 0 Å². The van der Waals surface area contributed by atoms with Crippen LogP contribution in [0, 0.1) is 0 Å². The molecule has 2 heterocycles. The fraction of sp³-hybridized carbons (Fsp3) is 0.478. The van der Waals surface area contributed by atoms with Crippen LogP contribution in [-0.2, 0) is 32.0 Å². The van der Waals surface area contributed by atoms with Crippen molar-refractivity contribution in [1.82, 2.24) is 10.6 Å². The van der Waals surface area contributed by atoms with Crippen molar-refractivity contribution >= 4 is 19.7 Å². The van der Waals surface area contributed by atoms with Crippen molar-refractivity contribution in [2.24, 2.45) is 0 Å². The van der Waals surface area contributed by atoms with E-state index in [2.05, 4.69) is 10.6 Å². The van der Waals surface area contributed by atoms with Gasteiger partial charge in [0.15, 0.2) is 19.7 Å². The van der Waals surface area contributed by atoms with Crippen molar-refractivity contribution in [2.45, 2.75) is 63.7 Å². The molecule has 2 saturated heterocycles. The molecule has 0 saturated carbocycles. The molecule has 0 aliphatic carbocycles. The predicted octanol–water partition coefficient (Wildman–Crippen LogP) is 2.79. The highest BCUT2D eigenvalue weighted by molar-refractivity contribution is 7.92. The van der Waals surface area contributed by atoms with Gasteiger partial charge in [-0.1, -0.05) is 24.3 Å². The monoisotopic (exact) mass is 586 g/mol. The van der Waals surface area contributed by atoms with Crippen LogP contribution in [0.2, 0.25) is 0 Å². The van der Waals surface area contributed by atoms with Crippen LogP contribution in [0.15, 0.2) is 58.3 Å². The number of nitrogens with one attached hydrogen (secondary N) is 2. The van der Waals surface area contributed by atoms with Crippen molar-refractivity contribution in [3.8, 4) is 0 Å². The smallest absolute Gasteiger partial charge is 0.390 e. The molecule has 0 radical (unpaired) electrons. The first-order chi connectivity index (χ1) is 17.5. The van der Waals surface area contributed by atoms with Gasteiger partial charge in [-0.05, 0) is 37.1 Å². The molecule has 0 amide bonds. The van der Waals surface area contributed by atoms with Crippen LogP contribution in [-0.4, -0.2) is 63.7 Å². The summed E-state index contributed by atoms with van der Waals surface area (Å²) in [7, 11) is -8.90. The summed E-state index contributed by atoms with van der Waals surface area (Å²) in [5.41, 5.74) is -2.60. The number of alkyl halides is 6. The summed E-state index contributed by atoms with van der Waals surface area (Å²) in [6.07, 6.45) is -11.6. The molecule has 2 aliphatic heterocycles. The largest absolute Gasteiger partial charge is 0.417 e. The Labute approximate surface area is 215 Å². The van der Waals surface area contributed by atoms with Gasteiger partial charge in [0.25, 0.3) is 0 Å². The zero-order valence-electron chi connectivity index (χ0n) is 19.5. The Hall–Kier alpha value is -2.20. The number of hydrogen-bond acceptors (Lipinski definition) is 7. The first-order valence-electron chi connectivity index (χ1n) is 11.5. The Balaban J connectivity index is 1.48. The van der Waals surface area contributed by atoms with Gasteiger partial charge in [-0.15, -0.1) is 0 Å². The van der Waals surface area contributed by atoms with Gasteiger partial charge in [0.1, 0.15) is 0 Å². The molecular weight excluding hydrogens is 562 g/mol. The van der Waals surface area contributed by atoms with Gasteiger partial charge in [-0.2, -0.15) is 26.3 Å². The third-order valence-electron chi connectivity index (χ3n) is 6.95. The number of aliphatic hydroxyl groups is 1. The molecule has 2 aromatic carbocycles. The number of benzene rings is 2. The lowest BCUT2D eigenvalue weighted by molar-refractivity contribution is -0.140. The van der Waals surface area contributed by atoms with E-state index in [4.69, 9.17) is 0 Å². The first-order valence-corrected chi connectivity index (χ1v) is 14.6. The van der Waals surface area contributed by atoms with E-state index >= 15 is 0 Å². The van der Waals surface area contributed by atoms with Crippen molar-refractivity contribution in [3.63, 3.8) is 0 Å². The molecule has 4 rings (SSSR count). The summed E-state index contributed by atoms with van der Waals surface area (Å²) < 4.78 is 132. The summed E-state index contributed by atoms with van der Waals surface area (Å²) in [6, 6.07) is 5.76. The second-order valence-corrected chi connectivity index (χ2v) is 13.7. The summed E-state index contributed by atoms with van der Waals surface area (Å²) in [5.74, 6) is 0. The Morgan fingerprint density at radius 1 is 0.684 bits per heavy atom. The van der Waals surface area contributed by atoms with Crippen LogP contribution in [0.3, 0.4) is 0 Å². The second-order valence-electron chi connectivity index (χ2n) is 9.31. The van der Waals surface area contributed by atoms with Gasteiger partial charge in [0.05, 0.1) is 37.5 Å². The maximum absolute atomic E-state index is 13.4. The van der Waals surface area contributed by atoms with Crippen LogP contribution in [0.1, 0.15) is 24.0 Å². The molecule has 0 bridgehead atoms. The summed E-state index contributed by atoms with van der Waals surface area (Å²) in [5, 5.41) is 13.8. The van der Waals surface area contributed by atoms with E-state index in [1.54, 1.807) is 0 Å². The topological polar surface area (TPSA) is 113 Å². The first kappa shape index (κ1) is 28.8. The molecule has 0 spiro atoms. The Kier molecular flexibility index (Phi) is 7.64. The molecule has 0 aromatic heterocycles. The van der Waals surface area contributed by atoms with E-state index < -0.39 is 81.6 Å². The third kappa shape index (κ3) is 5.43. The van der Waals surface area contributed by atoms with E-state index in [0.717, 1.165) is 24.3 Å². The van der Waals surface area contributed by atoms with Gasteiger partial charge >= 0.3 is 12.4 Å². The zero-order valence-corrected chi connectivity index (χ0v) is 21.1. The van der Waals surface area contributed by atoms with E-state index in [1.807, 2.05) is 0 Å². The second kappa shape index (κ2) is 10.1. The number of rotatable bonds is 6. The maximum Gasteiger partial charge on any atom is 0.417 e. The lowest BCUT2D eigenvalue weighted by Gasteiger charge is -2.25. The normalized spacial score (nSPS) is 25.3.